The van der Waals surface area contributed by atoms with Crippen molar-refractivity contribution >= 4 is 15.8 Å². The van der Waals surface area contributed by atoms with Gasteiger partial charge in [-0.3, -0.25) is 0 Å². The summed E-state index contributed by atoms with van der Waals surface area (Å²) in [5, 5.41) is 17.1. The maximum Gasteiger partial charge on any atom is 0.371 e. The fourth-order valence-electron chi connectivity index (χ4n) is 1.81. The summed E-state index contributed by atoms with van der Waals surface area (Å²) < 4.78 is 29.2. The molecule has 6 nitrogen and oxygen atoms in total. The van der Waals surface area contributed by atoms with Gasteiger partial charge in [0.25, 0.3) is 0 Å². The van der Waals surface area contributed by atoms with Crippen LogP contribution in [0.5, 0.6) is 0 Å². The highest BCUT2D eigenvalue weighted by Gasteiger charge is 2.22. The maximum atomic E-state index is 12.2. The van der Waals surface area contributed by atoms with E-state index in [2.05, 4.69) is 0 Å². The minimum atomic E-state index is -3.78. The Morgan fingerprint density at radius 3 is 2.57 bits per heavy atom. The summed E-state index contributed by atoms with van der Waals surface area (Å²) in [6.45, 7) is 1.70. The van der Waals surface area contributed by atoms with Gasteiger partial charge in [-0.2, -0.15) is 5.26 Å². The first kappa shape index (κ1) is 14.8. The predicted molar refractivity (Wildman–Crippen MR) is 72.5 cm³/mol. The van der Waals surface area contributed by atoms with Crippen LogP contribution in [0.15, 0.2) is 39.8 Å². The molecule has 0 saturated carbocycles. The van der Waals surface area contributed by atoms with Crippen LogP contribution in [0.3, 0.4) is 0 Å². The lowest BCUT2D eigenvalue weighted by Gasteiger charge is -2.06. The fraction of sp³-hybridized carbons (Fsp3) is 0.143. The van der Waals surface area contributed by atoms with Crippen molar-refractivity contribution < 1.29 is 22.7 Å². The molecule has 7 heteroatoms. The normalized spacial score (nSPS) is 11.0. The van der Waals surface area contributed by atoms with E-state index in [-0.39, 0.29) is 10.8 Å². The predicted octanol–water partition coefficient (Wildman–Crippen LogP) is 2.13. The molecule has 1 aromatic carbocycles. The first-order valence-electron chi connectivity index (χ1n) is 5.89. The lowest BCUT2D eigenvalue weighted by molar-refractivity contribution is 0.0656. The quantitative estimate of drug-likeness (QED) is 0.926. The number of hydrogen-bond acceptors (Lipinski definition) is 5. The molecular weight excluding hydrogens is 294 g/mol. The topological polar surface area (TPSA) is 108 Å². The number of carboxylic acids is 1. The SMILES string of the molecule is Cc1cc(C#N)ccc1CS(=O)(=O)c1ccc(C(=O)O)o1. The van der Waals surface area contributed by atoms with E-state index in [0.717, 1.165) is 12.1 Å². The number of benzene rings is 1. The minimum absolute atomic E-state index is 0.322. The molecule has 108 valence electrons. The molecule has 2 aromatic rings. The molecule has 0 saturated heterocycles. The zero-order valence-corrected chi connectivity index (χ0v) is 11.8. The van der Waals surface area contributed by atoms with Crippen LogP contribution >= 0.6 is 0 Å². The summed E-state index contributed by atoms with van der Waals surface area (Å²) in [6, 6.07) is 8.88. The van der Waals surface area contributed by atoms with Crippen LogP contribution < -0.4 is 0 Å². The number of nitriles is 1. The maximum absolute atomic E-state index is 12.2. The molecule has 0 aliphatic carbocycles. The van der Waals surface area contributed by atoms with Gasteiger partial charge < -0.3 is 9.52 Å². The first-order chi connectivity index (χ1) is 9.83. The van der Waals surface area contributed by atoms with Crippen molar-refractivity contribution in [3.8, 4) is 6.07 Å². The van der Waals surface area contributed by atoms with E-state index in [9.17, 15) is 13.2 Å². The second-order valence-electron chi connectivity index (χ2n) is 4.44. The first-order valence-corrected chi connectivity index (χ1v) is 7.54. The van der Waals surface area contributed by atoms with Gasteiger partial charge in [-0.1, -0.05) is 6.07 Å². The summed E-state index contributed by atoms with van der Waals surface area (Å²) in [4.78, 5) is 10.7. The number of aromatic carboxylic acids is 1. The number of sulfone groups is 1. The zero-order chi connectivity index (χ0) is 15.6. The van der Waals surface area contributed by atoms with Crippen molar-refractivity contribution in [1.29, 1.82) is 5.26 Å². The molecule has 1 heterocycles. The van der Waals surface area contributed by atoms with Gasteiger partial charge in [0.1, 0.15) is 0 Å². The zero-order valence-electron chi connectivity index (χ0n) is 11.0. The highest BCUT2D eigenvalue weighted by atomic mass is 32.2. The number of furan rings is 1. The van der Waals surface area contributed by atoms with Gasteiger partial charge >= 0.3 is 5.97 Å². The average Bonchev–Trinajstić information content (AvgIpc) is 2.91. The van der Waals surface area contributed by atoms with Crippen molar-refractivity contribution in [3.05, 3.63) is 52.8 Å². The number of rotatable bonds is 4. The lowest BCUT2D eigenvalue weighted by Crippen LogP contribution is -2.05. The van der Waals surface area contributed by atoms with Gasteiger partial charge in [0.2, 0.25) is 20.7 Å². The van der Waals surface area contributed by atoms with Crippen LogP contribution in [0.4, 0.5) is 0 Å². The van der Waals surface area contributed by atoms with Crippen LogP contribution in [0.25, 0.3) is 0 Å². The molecule has 0 bridgehead atoms. The molecule has 1 N–H and O–H groups in total. The highest BCUT2D eigenvalue weighted by molar-refractivity contribution is 7.90. The van der Waals surface area contributed by atoms with Gasteiger partial charge in [0.15, 0.2) is 0 Å². The Hall–Kier alpha value is -2.59. The van der Waals surface area contributed by atoms with Crippen LogP contribution in [-0.2, 0) is 15.6 Å². The Balaban J connectivity index is 2.33. The van der Waals surface area contributed by atoms with E-state index in [1.54, 1.807) is 19.1 Å². The van der Waals surface area contributed by atoms with Crippen molar-refractivity contribution in [2.45, 2.75) is 17.8 Å². The third-order valence-corrected chi connectivity index (χ3v) is 4.44. The minimum Gasteiger partial charge on any atom is -0.475 e. The van der Waals surface area contributed by atoms with Gasteiger partial charge in [-0.25, -0.2) is 13.2 Å². The Morgan fingerprint density at radius 2 is 2.05 bits per heavy atom. The van der Waals surface area contributed by atoms with E-state index >= 15 is 0 Å². The summed E-state index contributed by atoms with van der Waals surface area (Å²) in [7, 11) is -3.78. The molecule has 21 heavy (non-hydrogen) atoms. The van der Waals surface area contributed by atoms with Crippen LogP contribution in [0.2, 0.25) is 0 Å². The van der Waals surface area contributed by atoms with Crippen molar-refractivity contribution in [2.24, 2.45) is 0 Å². The number of nitrogens with zero attached hydrogens (tertiary/aromatic N) is 1. The molecule has 0 aliphatic rings. The van der Waals surface area contributed by atoms with Gasteiger partial charge in [-0.05, 0) is 42.3 Å². The largest absolute Gasteiger partial charge is 0.475 e. The summed E-state index contributed by atoms with van der Waals surface area (Å²) in [5.41, 5.74) is 1.64. The van der Waals surface area contributed by atoms with E-state index in [4.69, 9.17) is 14.8 Å². The Kier molecular flexibility index (Phi) is 3.82. The third kappa shape index (κ3) is 3.12. The third-order valence-electron chi connectivity index (χ3n) is 2.92. The number of carboxylic acid groups (broad SMARTS) is 1. The monoisotopic (exact) mass is 305 g/mol. The second-order valence-corrected chi connectivity index (χ2v) is 6.36. The number of carbonyl (C=O) groups is 1. The standard InChI is InChI=1S/C14H11NO5S/c1-9-6-10(7-15)2-3-11(9)8-21(18,19)13-5-4-12(20-13)14(16)17/h2-6H,8H2,1H3,(H,16,17). The van der Waals surface area contributed by atoms with Gasteiger partial charge in [0, 0.05) is 0 Å². The van der Waals surface area contributed by atoms with Crippen molar-refractivity contribution in [1.82, 2.24) is 0 Å². The van der Waals surface area contributed by atoms with Crippen LogP contribution in [0, 0.1) is 18.3 Å². The average molecular weight is 305 g/mol. The Labute approximate surface area is 121 Å². The molecule has 0 radical (unpaired) electrons. The van der Waals surface area contributed by atoms with Crippen molar-refractivity contribution in [2.75, 3.05) is 0 Å². The van der Waals surface area contributed by atoms with Crippen molar-refractivity contribution in [3.63, 3.8) is 0 Å². The Morgan fingerprint density at radius 1 is 1.33 bits per heavy atom. The molecule has 1 aromatic heterocycles. The smallest absolute Gasteiger partial charge is 0.371 e. The van der Waals surface area contributed by atoms with E-state index < -0.39 is 21.6 Å². The van der Waals surface area contributed by atoms with E-state index in [0.29, 0.717) is 16.7 Å². The Bertz CT molecular complexity index is 842. The van der Waals surface area contributed by atoms with E-state index in [1.165, 1.54) is 6.07 Å². The summed E-state index contributed by atoms with van der Waals surface area (Å²) in [5.74, 6) is -2.08. The summed E-state index contributed by atoms with van der Waals surface area (Å²) in [6.07, 6.45) is 0. The second kappa shape index (κ2) is 5.42. The van der Waals surface area contributed by atoms with E-state index in [1.807, 2.05) is 6.07 Å². The fourth-order valence-corrected chi connectivity index (χ4v) is 3.17. The van der Waals surface area contributed by atoms with Crippen LogP contribution in [-0.4, -0.2) is 19.5 Å². The molecule has 0 aliphatic heterocycles. The molecule has 0 fully saturated rings. The molecule has 0 spiro atoms. The van der Waals surface area contributed by atoms with Gasteiger partial charge in [-0.15, -0.1) is 0 Å². The molecule has 0 unspecified atom stereocenters. The molecule has 2 rings (SSSR count). The van der Waals surface area contributed by atoms with Crippen LogP contribution in [0.1, 0.15) is 27.2 Å². The lowest BCUT2D eigenvalue weighted by atomic mass is 10.1. The molecule has 0 amide bonds. The molecule has 0 atom stereocenters. The number of hydrogen-bond donors (Lipinski definition) is 1. The summed E-state index contributed by atoms with van der Waals surface area (Å²) >= 11 is 0. The van der Waals surface area contributed by atoms with Gasteiger partial charge in [0.05, 0.1) is 17.4 Å². The highest BCUT2D eigenvalue weighted by Crippen LogP contribution is 2.21. The number of aryl methyl sites for hydroxylation is 1. The molecular formula is C14H11NO5S.